The number of carbonyl (C=O) groups excluding carboxylic acids is 1. The molecule has 2 atom stereocenters. The topological polar surface area (TPSA) is 55.1 Å². The lowest BCUT2D eigenvalue weighted by Gasteiger charge is -2.20. The largest absolute Gasteiger partial charge is 0.396 e. The van der Waals surface area contributed by atoms with Gasteiger partial charge >= 0.3 is 0 Å². The second-order valence-electron chi connectivity index (χ2n) is 4.35. The molecule has 0 saturated heterocycles. The summed E-state index contributed by atoms with van der Waals surface area (Å²) in [6, 6.07) is 4.28. The van der Waals surface area contributed by atoms with Crippen molar-refractivity contribution in [3.05, 3.63) is 29.6 Å². The van der Waals surface area contributed by atoms with Crippen LogP contribution in [0.4, 0.5) is 10.1 Å². The van der Waals surface area contributed by atoms with Crippen LogP contribution in [0.15, 0.2) is 18.2 Å². The number of nitrogens with one attached hydrogen (secondary N) is 1. The number of anilines is 1. The molecule has 0 bridgehead atoms. The molecule has 2 unspecified atom stereocenters. The van der Waals surface area contributed by atoms with E-state index in [1.165, 1.54) is 18.2 Å². The molecule has 0 fully saturated rings. The Morgan fingerprint density at radius 3 is 2.71 bits per heavy atom. The first-order valence-corrected chi connectivity index (χ1v) is 5.82. The van der Waals surface area contributed by atoms with Crippen LogP contribution in [0, 0.1) is 11.7 Å². The minimum atomic E-state index is -0.561. The van der Waals surface area contributed by atoms with Gasteiger partial charge in [-0.2, -0.15) is 0 Å². The summed E-state index contributed by atoms with van der Waals surface area (Å²) in [6.45, 7) is 6.05. The van der Waals surface area contributed by atoms with Crippen molar-refractivity contribution in [2.24, 2.45) is 5.92 Å². The minimum Gasteiger partial charge on any atom is -0.396 e. The molecular weight excluding hydrogens is 219 g/mol. The van der Waals surface area contributed by atoms with Gasteiger partial charge in [-0.05, 0) is 25.0 Å². The van der Waals surface area contributed by atoms with Gasteiger partial charge in [0.2, 0.25) is 0 Å². The minimum absolute atomic E-state index is 0.0372. The highest BCUT2D eigenvalue weighted by molar-refractivity contribution is 5.99. The van der Waals surface area contributed by atoms with E-state index in [1.807, 2.05) is 6.92 Å². The van der Waals surface area contributed by atoms with Crippen molar-refractivity contribution in [2.75, 3.05) is 5.73 Å². The molecule has 0 aliphatic carbocycles. The van der Waals surface area contributed by atoms with E-state index in [0.717, 1.165) is 6.42 Å². The van der Waals surface area contributed by atoms with E-state index in [2.05, 4.69) is 19.2 Å². The lowest BCUT2D eigenvalue weighted by Crippen LogP contribution is -2.37. The second kappa shape index (κ2) is 5.66. The normalized spacial score (nSPS) is 14.1. The molecular formula is C13H19FN2O. The number of nitrogen functional groups attached to an aromatic ring is 1. The number of halogens is 1. The van der Waals surface area contributed by atoms with Gasteiger partial charge in [0.25, 0.3) is 5.91 Å². The number of hydrogen-bond donors (Lipinski definition) is 2. The fourth-order valence-electron chi connectivity index (χ4n) is 1.52. The summed E-state index contributed by atoms with van der Waals surface area (Å²) < 4.78 is 13.2. The van der Waals surface area contributed by atoms with Crippen LogP contribution in [0.1, 0.15) is 37.6 Å². The van der Waals surface area contributed by atoms with E-state index in [0.29, 0.717) is 5.92 Å². The molecule has 1 aromatic carbocycles. The number of para-hydroxylation sites is 1. The average Bonchev–Trinajstić information content (AvgIpc) is 2.31. The number of nitrogens with two attached hydrogens (primary N) is 1. The number of carbonyl (C=O) groups is 1. The molecule has 17 heavy (non-hydrogen) atoms. The zero-order valence-corrected chi connectivity index (χ0v) is 10.5. The van der Waals surface area contributed by atoms with Crippen LogP contribution in [0.2, 0.25) is 0 Å². The van der Waals surface area contributed by atoms with Gasteiger partial charge in [0, 0.05) is 6.04 Å². The first-order chi connectivity index (χ1) is 7.97. The van der Waals surface area contributed by atoms with Crippen molar-refractivity contribution in [3.8, 4) is 0 Å². The van der Waals surface area contributed by atoms with Crippen molar-refractivity contribution in [2.45, 2.75) is 33.2 Å². The van der Waals surface area contributed by atoms with Gasteiger partial charge in [-0.3, -0.25) is 4.79 Å². The Morgan fingerprint density at radius 2 is 2.12 bits per heavy atom. The van der Waals surface area contributed by atoms with Crippen molar-refractivity contribution >= 4 is 11.6 Å². The molecule has 4 heteroatoms. The van der Waals surface area contributed by atoms with Crippen LogP contribution in [0.25, 0.3) is 0 Å². The maximum absolute atomic E-state index is 13.2. The fraction of sp³-hybridized carbons (Fsp3) is 0.462. The predicted octanol–water partition coefficient (Wildman–Crippen LogP) is 2.57. The van der Waals surface area contributed by atoms with Gasteiger partial charge in [-0.25, -0.2) is 4.39 Å². The number of amides is 1. The molecule has 94 valence electrons. The maximum Gasteiger partial charge on any atom is 0.253 e. The molecule has 0 spiro atoms. The smallest absolute Gasteiger partial charge is 0.253 e. The molecule has 1 rings (SSSR count). The first kappa shape index (κ1) is 13.5. The highest BCUT2D eigenvalue weighted by atomic mass is 19.1. The molecule has 0 heterocycles. The first-order valence-electron chi connectivity index (χ1n) is 5.82. The van der Waals surface area contributed by atoms with E-state index < -0.39 is 5.82 Å². The highest BCUT2D eigenvalue weighted by Gasteiger charge is 2.17. The molecule has 1 aromatic rings. The quantitative estimate of drug-likeness (QED) is 0.792. The van der Waals surface area contributed by atoms with Crippen molar-refractivity contribution in [1.29, 1.82) is 0 Å². The van der Waals surface area contributed by atoms with E-state index in [1.54, 1.807) is 0 Å². The number of benzene rings is 1. The van der Waals surface area contributed by atoms with Crippen LogP contribution in [0.3, 0.4) is 0 Å². The Kier molecular flexibility index (Phi) is 4.49. The summed E-state index contributed by atoms with van der Waals surface area (Å²) in [5.41, 5.74) is 5.63. The zero-order valence-electron chi connectivity index (χ0n) is 10.5. The predicted molar refractivity (Wildman–Crippen MR) is 67.2 cm³/mol. The van der Waals surface area contributed by atoms with Gasteiger partial charge in [-0.15, -0.1) is 0 Å². The summed E-state index contributed by atoms with van der Waals surface area (Å²) in [7, 11) is 0. The Hall–Kier alpha value is -1.58. The van der Waals surface area contributed by atoms with Gasteiger partial charge in [-0.1, -0.05) is 26.3 Å². The third-order valence-electron chi connectivity index (χ3n) is 3.15. The molecule has 0 radical (unpaired) electrons. The van der Waals surface area contributed by atoms with Crippen LogP contribution in [-0.2, 0) is 0 Å². The van der Waals surface area contributed by atoms with Crippen LogP contribution in [-0.4, -0.2) is 11.9 Å². The molecule has 1 amide bonds. The summed E-state index contributed by atoms with van der Waals surface area (Å²) in [5.74, 6) is -0.516. The van der Waals surface area contributed by atoms with Crippen LogP contribution in [0.5, 0.6) is 0 Å². The lowest BCUT2D eigenvalue weighted by atomic mass is 10.0. The Bertz CT molecular complexity index is 406. The third-order valence-corrected chi connectivity index (χ3v) is 3.15. The molecule has 3 N–H and O–H groups in total. The fourth-order valence-corrected chi connectivity index (χ4v) is 1.52. The Balaban J connectivity index is 2.80. The number of hydrogen-bond acceptors (Lipinski definition) is 2. The van der Waals surface area contributed by atoms with Gasteiger partial charge in [0.15, 0.2) is 0 Å². The van der Waals surface area contributed by atoms with Crippen molar-refractivity contribution in [1.82, 2.24) is 5.32 Å². The zero-order chi connectivity index (χ0) is 13.0. The molecule has 3 nitrogen and oxygen atoms in total. The maximum atomic E-state index is 13.2. The monoisotopic (exact) mass is 238 g/mol. The van der Waals surface area contributed by atoms with E-state index in [4.69, 9.17) is 5.73 Å². The second-order valence-corrected chi connectivity index (χ2v) is 4.35. The molecule has 0 aromatic heterocycles. The van der Waals surface area contributed by atoms with Gasteiger partial charge in [0.1, 0.15) is 5.82 Å². The molecule has 0 saturated carbocycles. The van der Waals surface area contributed by atoms with Crippen LogP contribution < -0.4 is 11.1 Å². The highest BCUT2D eigenvalue weighted by Crippen LogP contribution is 2.16. The van der Waals surface area contributed by atoms with Crippen molar-refractivity contribution in [3.63, 3.8) is 0 Å². The summed E-state index contributed by atoms with van der Waals surface area (Å²) in [4.78, 5) is 11.9. The standard InChI is InChI=1S/C13H19FN2O/c1-4-8(2)9(3)16-13(17)10-6-5-7-11(14)12(10)15/h5-9H,4,15H2,1-3H3,(H,16,17). The van der Waals surface area contributed by atoms with Crippen LogP contribution >= 0.6 is 0 Å². The van der Waals surface area contributed by atoms with Gasteiger partial charge < -0.3 is 11.1 Å². The Morgan fingerprint density at radius 1 is 1.47 bits per heavy atom. The lowest BCUT2D eigenvalue weighted by molar-refractivity contribution is 0.0928. The van der Waals surface area contributed by atoms with Gasteiger partial charge in [0.05, 0.1) is 11.3 Å². The van der Waals surface area contributed by atoms with E-state index in [-0.39, 0.29) is 23.2 Å². The Labute approximate surface area is 101 Å². The molecule has 0 aliphatic rings. The van der Waals surface area contributed by atoms with Crippen molar-refractivity contribution < 1.29 is 9.18 Å². The summed E-state index contributed by atoms with van der Waals surface area (Å²) in [5, 5.41) is 2.83. The third kappa shape index (κ3) is 3.19. The van der Waals surface area contributed by atoms with E-state index >= 15 is 0 Å². The summed E-state index contributed by atoms with van der Waals surface area (Å²) >= 11 is 0. The number of rotatable bonds is 4. The molecule has 0 aliphatic heterocycles. The summed E-state index contributed by atoms with van der Waals surface area (Å²) in [6.07, 6.45) is 0.972. The average molecular weight is 238 g/mol. The van der Waals surface area contributed by atoms with E-state index in [9.17, 15) is 9.18 Å². The SMILES string of the molecule is CCC(C)C(C)NC(=O)c1cccc(F)c1N.